The van der Waals surface area contributed by atoms with E-state index >= 15 is 0 Å². The summed E-state index contributed by atoms with van der Waals surface area (Å²) in [6, 6.07) is 19.4. The number of hydrogen-bond acceptors (Lipinski definition) is 3. The van der Waals surface area contributed by atoms with Crippen LogP contribution in [0.15, 0.2) is 48.5 Å². The van der Waals surface area contributed by atoms with Gasteiger partial charge in [0, 0.05) is 30.1 Å². The third-order valence-corrected chi connectivity index (χ3v) is 6.35. The molecule has 0 spiro atoms. The van der Waals surface area contributed by atoms with Gasteiger partial charge in [-0.25, -0.2) is 0 Å². The lowest BCUT2D eigenvalue weighted by molar-refractivity contribution is 0.00906. The Morgan fingerprint density at radius 3 is 2.48 bits per heavy atom. The van der Waals surface area contributed by atoms with E-state index < -0.39 is 0 Å². The monoisotopic (exact) mass is 358 g/mol. The molecule has 0 aromatic heterocycles. The van der Waals surface area contributed by atoms with E-state index in [0.717, 1.165) is 24.9 Å². The molecule has 2 unspecified atom stereocenters. The third-order valence-electron chi connectivity index (χ3n) is 6.35. The predicted molar refractivity (Wildman–Crippen MR) is 106 cm³/mol. The Morgan fingerprint density at radius 2 is 1.81 bits per heavy atom. The highest BCUT2D eigenvalue weighted by Gasteiger charge is 2.40. The Morgan fingerprint density at radius 1 is 1.11 bits per heavy atom. The van der Waals surface area contributed by atoms with Crippen molar-refractivity contribution in [3.8, 4) is 6.07 Å². The molecule has 0 aliphatic carbocycles. The lowest BCUT2D eigenvalue weighted by atomic mass is 9.75. The molecule has 0 N–H and O–H groups in total. The molecule has 0 saturated carbocycles. The predicted octanol–water partition coefficient (Wildman–Crippen LogP) is 4.88. The fraction of sp³-hybridized carbons (Fsp3) is 0.417. The van der Waals surface area contributed by atoms with Gasteiger partial charge in [-0.15, -0.1) is 0 Å². The van der Waals surface area contributed by atoms with E-state index in [1.807, 2.05) is 19.1 Å². The molecule has 2 aliphatic heterocycles. The second-order valence-electron chi connectivity index (χ2n) is 8.07. The van der Waals surface area contributed by atoms with Crippen LogP contribution in [0.1, 0.15) is 59.2 Å². The largest absolute Gasteiger partial charge is 0.294 e. The fourth-order valence-electron chi connectivity index (χ4n) is 4.88. The van der Waals surface area contributed by atoms with Crippen molar-refractivity contribution in [2.45, 2.75) is 57.7 Å². The van der Waals surface area contributed by atoms with Crippen LogP contribution in [0.2, 0.25) is 0 Å². The quantitative estimate of drug-likeness (QED) is 0.732. The average Bonchev–Trinajstić information content (AvgIpc) is 2.68. The Kier molecular flexibility index (Phi) is 5.09. The molecule has 2 heterocycles. The number of ketones is 1. The van der Waals surface area contributed by atoms with Gasteiger partial charge >= 0.3 is 0 Å². The lowest BCUT2D eigenvalue weighted by Gasteiger charge is -2.48. The van der Waals surface area contributed by atoms with Crippen LogP contribution < -0.4 is 0 Å². The van der Waals surface area contributed by atoms with Gasteiger partial charge in [-0.05, 0) is 49.8 Å². The number of Topliss-reactive ketones (excluding diaryl/α,β-unsaturated/α-hetero) is 1. The fourth-order valence-corrected chi connectivity index (χ4v) is 4.88. The van der Waals surface area contributed by atoms with Crippen LogP contribution in [0.25, 0.3) is 0 Å². The minimum Gasteiger partial charge on any atom is -0.294 e. The van der Waals surface area contributed by atoms with Gasteiger partial charge < -0.3 is 0 Å². The maximum absolute atomic E-state index is 13.1. The molecule has 3 heteroatoms. The number of rotatable bonds is 4. The molecule has 27 heavy (non-hydrogen) atoms. The van der Waals surface area contributed by atoms with E-state index in [1.165, 1.54) is 24.8 Å². The minimum atomic E-state index is 0.0848. The summed E-state index contributed by atoms with van der Waals surface area (Å²) in [4.78, 5) is 15.8. The highest BCUT2D eigenvalue weighted by molar-refractivity contribution is 5.98. The van der Waals surface area contributed by atoms with Crippen molar-refractivity contribution in [1.29, 1.82) is 5.26 Å². The summed E-state index contributed by atoms with van der Waals surface area (Å²) in [5.74, 6) is 0.310. The number of aryl methyl sites for hydroxylation is 1. The van der Waals surface area contributed by atoms with Gasteiger partial charge in [0.1, 0.15) is 0 Å². The van der Waals surface area contributed by atoms with Crippen molar-refractivity contribution in [3.63, 3.8) is 0 Å². The van der Waals surface area contributed by atoms with Gasteiger partial charge in [-0.1, -0.05) is 48.9 Å². The normalized spacial score (nSPS) is 25.0. The molecule has 0 amide bonds. The summed E-state index contributed by atoms with van der Waals surface area (Å²) in [7, 11) is 0. The smallest absolute Gasteiger partial charge is 0.166 e. The number of hydrogen-bond donors (Lipinski definition) is 0. The van der Waals surface area contributed by atoms with Crippen molar-refractivity contribution >= 4 is 5.78 Å². The molecule has 2 aliphatic rings. The van der Waals surface area contributed by atoms with Gasteiger partial charge in [0.05, 0.1) is 11.6 Å². The first-order chi connectivity index (χ1) is 13.2. The maximum Gasteiger partial charge on any atom is 0.166 e. The summed E-state index contributed by atoms with van der Waals surface area (Å²) < 4.78 is 0. The number of benzene rings is 2. The van der Waals surface area contributed by atoms with Gasteiger partial charge in [0.25, 0.3) is 0 Å². The van der Waals surface area contributed by atoms with Gasteiger partial charge in [-0.3, -0.25) is 9.69 Å². The Balaban J connectivity index is 1.51. The van der Waals surface area contributed by atoms with E-state index in [0.29, 0.717) is 23.2 Å². The zero-order chi connectivity index (χ0) is 18.8. The first kappa shape index (κ1) is 17.9. The summed E-state index contributed by atoms with van der Waals surface area (Å²) in [5.41, 5.74) is 3.61. The molecule has 3 nitrogen and oxygen atoms in total. The second kappa shape index (κ2) is 7.66. The van der Waals surface area contributed by atoms with Crippen LogP contribution in [0, 0.1) is 24.2 Å². The second-order valence-corrected chi connectivity index (χ2v) is 8.07. The summed E-state index contributed by atoms with van der Waals surface area (Å²) >= 11 is 0. The van der Waals surface area contributed by atoms with Crippen molar-refractivity contribution in [2.24, 2.45) is 5.92 Å². The van der Waals surface area contributed by atoms with Gasteiger partial charge in [0.15, 0.2) is 5.78 Å². The van der Waals surface area contributed by atoms with E-state index in [9.17, 15) is 10.1 Å². The van der Waals surface area contributed by atoms with Gasteiger partial charge in [-0.2, -0.15) is 5.26 Å². The SMILES string of the molecule is Cc1ccc(C(=O)C2CC3CCCC(C2)N3Cc2ccccc2)cc1C#N. The topological polar surface area (TPSA) is 44.1 Å². The third kappa shape index (κ3) is 3.68. The Hall–Kier alpha value is -2.44. The van der Waals surface area contributed by atoms with Crippen molar-refractivity contribution in [3.05, 3.63) is 70.8 Å². The molecule has 138 valence electrons. The minimum absolute atomic E-state index is 0.0848. The Bertz CT molecular complexity index is 854. The van der Waals surface area contributed by atoms with E-state index in [4.69, 9.17) is 0 Å². The standard InChI is InChI=1S/C24H26N2O/c1-17-10-11-19(12-21(17)15-25)24(27)20-13-22-8-5-9-23(14-20)26(22)16-18-6-3-2-4-7-18/h2-4,6-7,10-12,20,22-23H,5,8-9,13-14,16H2,1H3. The molecule has 2 bridgehead atoms. The molecular weight excluding hydrogens is 332 g/mol. The van der Waals surface area contributed by atoms with Crippen molar-refractivity contribution in [2.75, 3.05) is 0 Å². The lowest BCUT2D eigenvalue weighted by Crippen LogP contribution is -2.52. The first-order valence-corrected chi connectivity index (χ1v) is 10.0. The van der Waals surface area contributed by atoms with Crippen LogP contribution >= 0.6 is 0 Å². The molecule has 2 aromatic rings. The van der Waals surface area contributed by atoms with Crippen molar-refractivity contribution < 1.29 is 4.79 Å². The Labute approximate surface area is 161 Å². The number of fused-ring (bicyclic) bond motifs is 2. The number of nitriles is 1. The van der Waals surface area contributed by atoms with E-state index in [-0.39, 0.29) is 11.7 Å². The zero-order valence-corrected chi connectivity index (χ0v) is 15.9. The molecular formula is C24H26N2O. The number of piperidine rings is 2. The van der Waals surface area contributed by atoms with E-state index in [2.05, 4.69) is 41.3 Å². The van der Waals surface area contributed by atoms with Crippen LogP contribution in [0.3, 0.4) is 0 Å². The van der Waals surface area contributed by atoms with Crippen LogP contribution in [0.4, 0.5) is 0 Å². The maximum atomic E-state index is 13.1. The first-order valence-electron chi connectivity index (χ1n) is 10.0. The molecule has 4 rings (SSSR count). The van der Waals surface area contributed by atoms with Crippen molar-refractivity contribution in [1.82, 2.24) is 4.90 Å². The summed E-state index contributed by atoms with van der Waals surface area (Å²) in [5, 5.41) is 9.27. The average molecular weight is 358 g/mol. The summed E-state index contributed by atoms with van der Waals surface area (Å²) in [6.07, 6.45) is 5.52. The van der Waals surface area contributed by atoms with Crippen LogP contribution in [0.5, 0.6) is 0 Å². The zero-order valence-electron chi connectivity index (χ0n) is 15.9. The van der Waals surface area contributed by atoms with Crippen LogP contribution in [-0.2, 0) is 6.54 Å². The molecule has 2 fully saturated rings. The number of nitrogens with zero attached hydrogens (tertiary/aromatic N) is 2. The highest BCUT2D eigenvalue weighted by atomic mass is 16.1. The summed E-state index contributed by atoms with van der Waals surface area (Å²) in [6.45, 7) is 2.90. The van der Waals surface area contributed by atoms with Gasteiger partial charge in [0.2, 0.25) is 0 Å². The number of carbonyl (C=O) groups is 1. The molecule has 2 aromatic carbocycles. The molecule has 0 radical (unpaired) electrons. The molecule has 2 saturated heterocycles. The van der Waals surface area contributed by atoms with E-state index in [1.54, 1.807) is 6.07 Å². The van der Waals surface area contributed by atoms with Crippen LogP contribution in [-0.4, -0.2) is 22.8 Å². The number of carbonyl (C=O) groups excluding carboxylic acids is 1. The highest BCUT2D eigenvalue weighted by Crippen LogP contribution is 2.39. The molecule has 2 atom stereocenters.